The standard InChI is InChI=1S/C25H31N3O3S/c29-25(26-15-8-11-21-9-4-3-5-10-21)20-27-18-14-22-19-23(12-13-24(22)27)32(30,31)28-16-6-1-2-7-17-28/h3-5,9-10,12-14,18-19H,1-2,6-8,11,15-17,20H2,(H,26,29). The van der Waals surface area contributed by atoms with Gasteiger partial charge in [-0.3, -0.25) is 4.79 Å². The van der Waals surface area contributed by atoms with Gasteiger partial charge in [0.15, 0.2) is 0 Å². The Labute approximate surface area is 190 Å². The van der Waals surface area contributed by atoms with Gasteiger partial charge in [-0.1, -0.05) is 43.2 Å². The third kappa shape index (κ3) is 5.40. The number of hydrogen-bond donors (Lipinski definition) is 1. The van der Waals surface area contributed by atoms with Gasteiger partial charge in [0, 0.05) is 36.7 Å². The second-order valence-corrected chi connectivity index (χ2v) is 10.4. The Balaban J connectivity index is 1.36. The fourth-order valence-electron chi connectivity index (χ4n) is 4.28. The molecule has 1 N–H and O–H groups in total. The number of sulfonamides is 1. The molecule has 0 atom stereocenters. The van der Waals surface area contributed by atoms with Gasteiger partial charge < -0.3 is 9.88 Å². The highest BCUT2D eigenvalue weighted by Crippen LogP contribution is 2.25. The van der Waals surface area contributed by atoms with Gasteiger partial charge in [-0.25, -0.2) is 8.42 Å². The SMILES string of the molecule is O=C(Cn1ccc2cc(S(=O)(=O)N3CCCCCC3)ccc21)NCCCc1ccccc1. The molecule has 0 unspecified atom stereocenters. The van der Waals surface area contributed by atoms with Gasteiger partial charge in [-0.15, -0.1) is 0 Å². The third-order valence-corrected chi connectivity index (χ3v) is 7.96. The topological polar surface area (TPSA) is 71.4 Å². The average molecular weight is 454 g/mol. The molecular weight excluding hydrogens is 422 g/mol. The number of rotatable bonds is 8. The predicted molar refractivity (Wildman–Crippen MR) is 127 cm³/mol. The molecule has 3 aromatic rings. The summed E-state index contributed by atoms with van der Waals surface area (Å²) in [5, 5.41) is 3.81. The van der Waals surface area contributed by atoms with E-state index in [1.54, 1.807) is 16.4 Å². The van der Waals surface area contributed by atoms with Crippen molar-refractivity contribution in [1.82, 2.24) is 14.2 Å². The monoisotopic (exact) mass is 453 g/mol. The molecule has 7 heteroatoms. The number of nitrogens with one attached hydrogen (secondary N) is 1. The van der Waals surface area contributed by atoms with E-state index in [9.17, 15) is 13.2 Å². The summed E-state index contributed by atoms with van der Waals surface area (Å²) in [6, 6.07) is 17.3. The van der Waals surface area contributed by atoms with Crippen molar-refractivity contribution in [2.75, 3.05) is 19.6 Å². The van der Waals surface area contributed by atoms with Crippen LogP contribution in [0.2, 0.25) is 0 Å². The van der Waals surface area contributed by atoms with Crippen molar-refractivity contribution < 1.29 is 13.2 Å². The Morgan fingerprint density at radius 1 is 0.938 bits per heavy atom. The number of benzene rings is 2. The summed E-state index contributed by atoms with van der Waals surface area (Å²) >= 11 is 0. The van der Waals surface area contributed by atoms with Crippen molar-refractivity contribution in [2.24, 2.45) is 0 Å². The number of aromatic nitrogens is 1. The molecule has 0 bridgehead atoms. The van der Waals surface area contributed by atoms with Gasteiger partial charge in [0.2, 0.25) is 15.9 Å². The van der Waals surface area contributed by atoms with Crippen LogP contribution in [0.15, 0.2) is 65.7 Å². The molecule has 1 fully saturated rings. The molecule has 170 valence electrons. The maximum absolute atomic E-state index is 13.1. The van der Waals surface area contributed by atoms with Crippen LogP contribution in [0.4, 0.5) is 0 Å². The molecule has 4 rings (SSSR count). The first-order valence-corrected chi connectivity index (χ1v) is 12.9. The smallest absolute Gasteiger partial charge is 0.243 e. The Morgan fingerprint density at radius 3 is 2.44 bits per heavy atom. The lowest BCUT2D eigenvalue weighted by Crippen LogP contribution is -2.31. The van der Waals surface area contributed by atoms with E-state index in [1.165, 1.54) is 5.56 Å². The largest absolute Gasteiger partial charge is 0.355 e. The molecule has 1 aliphatic rings. The first kappa shape index (κ1) is 22.6. The molecule has 0 spiro atoms. The van der Waals surface area contributed by atoms with Crippen molar-refractivity contribution in [1.29, 1.82) is 0 Å². The number of hydrogen-bond acceptors (Lipinski definition) is 3. The van der Waals surface area contributed by atoms with Crippen molar-refractivity contribution >= 4 is 26.8 Å². The maximum Gasteiger partial charge on any atom is 0.243 e. The van der Waals surface area contributed by atoms with Gasteiger partial charge in [-0.2, -0.15) is 4.31 Å². The first-order valence-electron chi connectivity index (χ1n) is 11.4. The lowest BCUT2D eigenvalue weighted by atomic mass is 10.1. The molecule has 2 heterocycles. The molecule has 0 radical (unpaired) electrons. The molecule has 0 saturated carbocycles. The molecule has 1 saturated heterocycles. The van der Waals surface area contributed by atoms with E-state index < -0.39 is 10.0 Å². The minimum Gasteiger partial charge on any atom is -0.355 e. The number of aryl methyl sites for hydroxylation is 1. The van der Waals surface area contributed by atoms with E-state index in [0.717, 1.165) is 49.4 Å². The van der Waals surface area contributed by atoms with E-state index >= 15 is 0 Å². The van der Waals surface area contributed by atoms with Crippen LogP contribution in [0.3, 0.4) is 0 Å². The average Bonchev–Trinajstić information content (AvgIpc) is 3.00. The molecule has 32 heavy (non-hydrogen) atoms. The molecule has 6 nitrogen and oxygen atoms in total. The molecule has 2 aromatic carbocycles. The summed E-state index contributed by atoms with van der Waals surface area (Å²) in [6.45, 7) is 2.02. The Hall–Kier alpha value is -2.64. The Morgan fingerprint density at radius 2 is 1.69 bits per heavy atom. The fraction of sp³-hybridized carbons (Fsp3) is 0.400. The molecule has 0 aliphatic carbocycles. The van der Waals surface area contributed by atoms with Crippen molar-refractivity contribution in [3.8, 4) is 0 Å². The van der Waals surface area contributed by atoms with Crippen LogP contribution in [0.1, 0.15) is 37.7 Å². The summed E-state index contributed by atoms with van der Waals surface area (Å²) in [6.07, 6.45) is 7.67. The zero-order valence-electron chi connectivity index (χ0n) is 18.4. The van der Waals surface area contributed by atoms with Crippen molar-refractivity contribution in [2.45, 2.75) is 50.0 Å². The van der Waals surface area contributed by atoms with Crippen molar-refractivity contribution in [3.63, 3.8) is 0 Å². The third-order valence-electron chi connectivity index (χ3n) is 6.07. The highest BCUT2D eigenvalue weighted by Gasteiger charge is 2.25. The summed E-state index contributed by atoms with van der Waals surface area (Å²) in [5.41, 5.74) is 2.13. The van der Waals surface area contributed by atoms with Gasteiger partial charge in [-0.05, 0) is 55.5 Å². The minimum atomic E-state index is -3.48. The molecule has 1 aromatic heterocycles. The summed E-state index contributed by atoms with van der Waals surface area (Å²) in [4.78, 5) is 12.7. The summed E-state index contributed by atoms with van der Waals surface area (Å²) < 4.78 is 29.6. The van der Waals surface area contributed by atoms with Crippen molar-refractivity contribution in [3.05, 3.63) is 66.4 Å². The molecule has 1 aliphatic heterocycles. The summed E-state index contributed by atoms with van der Waals surface area (Å²) in [7, 11) is -3.48. The Kier molecular flexibility index (Phi) is 7.27. The van der Waals surface area contributed by atoms with Crippen LogP contribution in [-0.4, -0.2) is 42.8 Å². The zero-order chi connectivity index (χ0) is 22.4. The van der Waals surface area contributed by atoms with Crippen LogP contribution in [-0.2, 0) is 27.8 Å². The van der Waals surface area contributed by atoms with Crippen LogP contribution in [0.25, 0.3) is 10.9 Å². The normalized spacial score (nSPS) is 15.5. The van der Waals surface area contributed by atoms with Crippen LogP contribution in [0, 0.1) is 0 Å². The number of carbonyl (C=O) groups is 1. The zero-order valence-corrected chi connectivity index (χ0v) is 19.2. The molecular formula is C25H31N3O3S. The quantitative estimate of drug-likeness (QED) is 0.525. The first-order chi connectivity index (χ1) is 15.5. The Bertz CT molecular complexity index is 1150. The van der Waals surface area contributed by atoms with E-state index in [4.69, 9.17) is 0 Å². The number of carbonyl (C=O) groups excluding carboxylic acids is 1. The van der Waals surface area contributed by atoms with Gasteiger partial charge >= 0.3 is 0 Å². The predicted octanol–water partition coefficient (Wildman–Crippen LogP) is 3.96. The van der Waals surface area contributed by atoms with Gasteiger partial charge in [0.1, 0.15) is 6.54 Å². The van der Waals surface area contributed by atoms with E-state index in [0.29, 0.717) is 24.5 Å². The van der Waals surface area contributed by atoms with E-state index in [-0.39, 0.29) is 12.5 Å². The number of amides is 1. The molecule has 1 amide bonds. The maximum atomic E-state index is 13.1. The van der Waals surface area contributed by atoms with Crippen LogP contribution < -0.4 is 5.32 Å². The number of fused-ring (bicyclic) bond motifs is 1. The van der Waals surface area contributed by atoms with Crippen LogP contribution >= 0.6 is 0 Å². The van der Waals surface area contributed by atoms with Crippen LogP contribution in [0.5, 0.6) is 0 Å². The fourth-order valence-corrected chi connectivity index (χ4v) is 5.84. The lowest BCUT2D eigenvalue weighted by molar-refractivity contribution is -0.121. The number of nitrogens with zero attached hydrogens (tertiary/aromatic N) is 2. The lowest BCUT2D eigenvalue weighted by Gasteiger charge is -2.20. The summed E-state index contributed by atoms with van der Waals surface area (Å²) in [5.74, 6) is -0.0446. The highest BCUT2D eigenvalue weighted by atomic mass is 32.2. The minimum absolute atomic E-state index is 0.0446. The van der Waals surface area contributed by atoms with E-state index in [1.807, 2.05) is 41.1 Å². The van der Waals surface area contributed by atoms with E-state index in [2.05, 4.69) is 17.4 Å². The second-order valence-electron chi connectivity index (χ2n) is 8.42. The van der Waals surface area contributed by atoms with Gasteiger partial charge in [0.05, 0.1) is 4.90 Å². The van der Waals surface area contributed by atoms with Gasteiger partial charge in [0.25, 0.3) is 0 Å². The highest BCUT2D eigenvalue weighted by molar-refractivity contribution is 7.89. The second kappa shape index (κ2) is 10.3.